The number of benzene rings is 2. The smallest absolute Gasteiger partial charge is 0.0366 e. The molecule has 0 spiro atoms. The van der Waals surface area contributed by atoms with Crippen LogP contribution < -0.4 is 0 Å². The molecule has 0 heterocycles. The van der Waals surface area contributed by atoms with Crippen molar-refractivity contribution in [1.29, 1.82) is 0 Å². The van der Waals surface area contributed by atoms with E-state index in [4.69, 9.17) is 0 Å². The second-order valence-electron chi connectivity index (χ2n) is 8.85. The molecule has 2 heteroatoms. The predicted molar refractivity (Wildman–Crippen MR) is 118 cm³/mol. The van der Waals surface area contributed by atoms with Crippen LogP contribution in [0.25, 0.3) is 16.7 Å². The minimum absolute atomic E-state index is 0.0350. The summed E-state index contributed by atoms with van der Waals surface area (Å²) < 4.78 is 1.16. The van der Waals surface area contributed by atoms with Crippen molar-refractivity contribution in [2.24, 2.45) is 0 Å². The molecule has 0 nitrogen and oxygen atoms in total. The van der Waals surface area contributed by atoms with Crippen LogP contribution in [0.15, 0.2) is 52.5 Å². The van der Waals surface area contributed by atoms with E-state index in [1.165, 1.54) is 39.0 Å². The van der Waals surface area contributed by atoms with E-state index in [-0.39, 0.29) is 10.8 Å². The van der Waals surface area contributed by atoms with Gasteiger partial charge in [0.15, 0.2) is 0 Å². The van der Waals surface area contributed by atoms with E-state index in [0.717, 1.165) is 10.9 Å². The van der Waals surface area contributed by atoms with Crippen molar-refractivity contribution >= 4 is 37.4 Å². The van der Waals surface area contributed by atoms with Crippen LogP contribution in [-0.2, 0) is 10.8 Å². The molecule has 0 aromatic heterocycles. The van der Waals surface area contributed by atoms with Gasteiger partial charge in [0.25, 0.3) is 0 Å². The van der Waals surface area contributed by atoms with Crippen LogP contribution >= 0.6 is 31.9 Å². The van der Waals surface area contributed by atoms with Gasteiger partial charge in [-0.15, -0.1) is 0 Å². The lowest BCUT2D eigenvalue weighted by Crippen LogP contribution is -2.20. The average Bonchev–Trinajstić information content (AvgIpc) is 2.93. The number of hydrogen-bond acceptors (Lipinski definition) is 0. The average molecular weight is 470 g/mol. The Labute approximate surface area is 172 Å². The van der Waals surface area contributed by atoms with Gasteiger partial charge in [0.05, 0.1) is 0 Å². The first-order valence-electron chi connectivity index (χ1n) is 9.27. The molecule has 5 rings (SSSR count). The summed E-state index contributed by atoms with van der Waals surface area (Å²) in [6.45, 7) is 9.50. The van der Waals surface area contributed by atoms with Crippen molar-refractivity contribution in [3.8, 4) is 11.1 Å². The monoisotopic (exact) mass is 468 g/mol. The Morgan fingerprint density at radius 1 is 0.846 bits per heavy atom. The molecule has 0 amide bonds. The van der Waals surface area contributed by atoms with Gasteiger partial charge in [0.2, 0.25) is 0 Å². The zero-order valence-corrected chi connectivity index (χ0v) is 18.8. The zero-order valence-electron chi connectivity index (χ0n) is 15.6. The summed E-state index contributed by atoms with van der Waals surface area (Å²) >= 11 is 7.46. The molecule has 2 aromatic carbocycles. The summed E-state index contributed by atoms with van der Waals surface area (Å²) in [5.41, 5.74) is 11.8. The molecule has 132 valence electrons. The molecule has 0 bridgehead atoms. The molecule has 2 aromatic rings. The lowest BCUT2D eigenvalue weighted by atomic mass is 9.77. The molecule has 0 aliphatic heterocycles. The normalized spacial score (nSPS) is 23.5. The first-order valence-corrected chi connectivity index (χ1v) is 11.0. The molecule has 0 saturated carbocycles. The van der Waals surface area contributed by atoms with E-state index in [9.17, 15) is 0 Å². The Bertz CT molecular complexity index is 1030. The Morgan fingerprint density at radius 2 is 1.50 bits per heavy atom. The molecular weight excluding hydrogens is 448 g/mol. The summed E-state index contributed by atoms with van der Waals surface area (Å²) in [6, 6.07) is 11.7. The summed E-state index contributed by atoms with van der Waals surface area (Å²) in [5, 5.41) is 0. The van der Waals surface area contributed by atoms with Gasteiger partial charge in [0.1, 0.15) is 0 Å². The molecule has 0 saturated heterocycles. The fourth-order valence-corrected chi connectivity index (χ4v) is 6.01. The van der Waals surface area contributed by atoms with Gasteiger partial charge in [0, 0.05) is 20.1 Å². The number of allylic oxidation sites excluding steroid dienone is 4. The summed E-state index contributed by atoms with van der Waals surface area (Å²) in [5.74, 6) is 0. The maximum atomic E-state index is 3.80. The molecular formula is C24H22Br2. The minimum Gasteiger partial charge on any atom is -0.0842 e. The van der Waals surface area contributed by atoms with E-state index in [2.05, 4.69) is 102 Å². The molecule has 1 atom stereocenters. The standard InChI is InChI=1S/C24H22Br2/c1-23(2)19-9-13(25)5-7-15(19)17-12-22-18(11-21(17)23)16-8-6-14(26)10-20(16)24(22,3)4/h5-9,11-12,14H,10H2,1-4H3. The number of rotatable bonds is 0. The van der Waals surface area contributed by atoms with Gasteiger partial charge in [-0.1, -0.05) is 83.3 Å². The molecule has 0 radical (unpaired) electrons. The first-order chi connectivity index (χ1) is 12.2. The lowest BCUT2D eigenvalue weighted by Gasteiger charge is -2.27. The highest BCUT2D eigenvalue weighted by Crippen LogP contribution is 2.56. The Morgan fingerprint density at radius 3 is 2.27 bits per heavy atom. The lowest BCUT2D eigenvalue weighted by molar-refractivity contribution is 0.609. The fourth-order valence-electron chi connectivity index (χ4n) is 5.17. The summed E-state index contributed by atoms with van der Waals surface area (Å²) in [6.07, 6.45) is 5.74. The zero-order chi connectivity index (χ0) is 18.4. The molecule has 0 fully saturated rings. The number of fused-ring (bicyclic) bond motifs is 5. The number of halogens is 2. The van der Waals surface area contributed by atoms with E-state index < -0.39 is 0 Å². The van der Waals surface area contributed by atoms with Crippen molar-refractivity contribution in [2.75, 3.05) is 0 Å². The van der Waals surface area contributed by atoms with Crippen molar-refractivity contribution in [3.05, 3.63) is 74.8 Å². The van der Waals surface area contributed by atoms with Crippen molar-refractivity contribution in [3.63, 3.8) is 0 Å². The van der Waals surface area contributed by atoms with E-state index >= 15 is 0 Å². The largest absolute Gasteiger partial charge is 0.0842 e. The second-order valence-corrected chi connectivity index (χ2v) is 10.9. The van der Waals surface area contributed by atoms with Gasteiger partial charge < -0.3 is 0 Å². The topological polar surface area (TPSA) is 0 Å². The quantitative estimate of drug-likeness (QED) is 0.350. The Hall–Kier alpha value is -1.12. The maximum absolute atomic E-state index is 3.80. The van der Waals surface area contributed by atoms with Gasteiger partial charge in [-0.3, -0.25) is 0 Å². The van der Waals surface area contributed by atoms with Gasteiger partial charge >= 0.3 is 0 Å². The van der Waals surface area contributed by atoms with Gasteiger partial charge in [-0.2, -0.15) is 0 Å². The first kappa shape index (κ1) is 17.0. The van der Waals surface area contributed by atoms with E-state index in [0.29, 0.717) is 4.83 Å². The fraction of sp³-hybridized carbons (Fsp3) is 0.333. The highest BCUT2D eigenvalue weighted by molar-refractivity contribution is 9.10. The molecule has 1 unspecified atom stereocenters. The minimum atomic E-state index is 0.0350. The van der Waals surface area contributed by atoms with E-state index in [1.54, 1.807) is 5.57 Å². The van der Waals surface area contributed by atoms with Crippen LogP contribution in [0, 0.1) is 0 Å². The van der Waals surface area contributed by atoms with Crippen LogP contribution in [0.5, 0.6) is 0 Å². The second kappa shape index (κ2) is 5.23. The van der Waals surface area contributed by atoms with Crippen LogP contribution in [0.4, 0.5) is 0 Å². The van der Waals surface area contributed by atoms with Crippen molar-refractivity contribution in [2.45, 2.75) is 49.8 Å². The van der Waals surface area contributed by atoms with Gasteiger partial charge in [-0.05, 0) is 69.6 Å². The summed E-state index contributed by atoms with van der Waals surface area (Å²) in [4.78, 5) is 0.455. The molecule has 3 aliphatic rings. The van der Waals surface area contributed by atoms with Crippen LogP contribution in [0.2, 0.25) is 0 Å². The predicted octanol–water partition coefficient (Wildman–Crippen LogP) is 7.52. The number of alkyl halides is 1. The molecule has 0 N–H and O–H groups in total. The van der Waals surface area contributed by atoms with Crippen LogP contribution in [0.3, 0.4) is 0 Å². The number of hydrogen-bond donors (Lipinski definition) is 0. The summed E-state index contributed by atoms with van der Waals surface area (Å²) in [7, 11) is 0. The van der Waals surface area contributed by atoms with Gasteiger partial charge in [-0.25, -0.2) is 0 Å². The molecule has 3 aliphatic carbocycles. The SMILES string of the molecule is CC1(C)C2=C(C=CC(Br)C2)c2cc3c(cc21)-c1ccc(Br)cc1C3(C)C. The van der Waals surface area contributed by atoms with E-state index in [1.807, 2.05) is 0 Å². The third kappa shape index (κ3) is 2.06. The Kier molecular flexibility index (Phi) is 3.42. The van der Waals surface area contributed by atoms with Crippen LogP contribution in [0.1, 0.15) is 56.4 Å². The highest BCUT2D eigenvalue weighted by atomic mass is 79.9. The highest BCUT2D eigenvalue weighted by Gasteiger charge is 2.43. The van der Waals surface area contributed by atoms with Crippen molar-refractivity contribution in [1.82, 2.24) is 0 Å². The Balaban J connectivity index is 1.79. The molecule has 26 heavy (non-hydrogen) atoms. The third-order valence-electron chi connectivity index (χ3n) is 6.69. The van der Waals surface area contributed by atoms with Crippen LogP contribution in [-0.4, -0.2) is 4.83 Å². The maximum Gasteiger partial charge on any atom is 0.0366 e. The third-order valence-corrected chi connectivity index (χ3v) is 7.81. The van der Waals surface area contributed by atoms with Crippen molar-refractivity contribution < 1.29 is 0 Å².